The van der Waals surface area contributed by atoms with Gasteiger partial charge in [-0.25, -0.2) is 0 Å². The summed E-state index contributed by atoms with van der Waals surface area (Å²) in [6.45, 7) is 6.13. The average molecular weight is 265 g/mol. The Hall–Kier alpha value is -1.85. The zero-order chi connectivity index (χ0) is 14.2. The Labute approximate surface area is 111 Å². The lowest BCUT2D eigenvalue weighted by molar-refractivity contribution is -0.150. The van der Waals surface area contributed by atoms with Gasteiger partial charge < -0.3 is 10.0 Å². The molecule has 1 aliphatic rings. The van der Waals surface area contributed by atoms with Gasteiger partial charge in [-0.3, -0.25) is 14.7 Å². The lowest BCUT2D eigenvalue weighted by Gasteiger charge is -2.37. The van der Waals surface area contributed by atoms with Crippen LogP contribution in [0.25, 0.3) is 0 Å². The summed E-state index contributed by atoms with van der Waals surface area (Å²) in [6.07, 6.45) is 1.32. The lowest BCUT2D eigenvalue weighted by atomic mass is 9.82. The fourth-order valence-electron chi connectivity index (χ4n) is 2.61. The second kappa shape index (κ2) is 4.68. The molecule has 104 valence electrons. The molecule has 0 aromatic carbocycles. The molecule has 0 spiro atoms. The van der Waals surface area contributed by atoms with Gasteiger partial charge >= 0.3 is 5.97 Å². The Morgan fingerprint density at radius 2 is 2.11 bits per heavy atom. The van der Waals surface area contributed by atoms with Gasteiger partial charge in [0.15, 0.2) is 0 Å². The maximum Gasteiger partial charge on any atom is 0.311 e. The van der Waals surface area contributed by atoms with E-state index in [0.717, 1.165) is 5.69 Å². The third kappa shape index (κ3) is 2.34. The largest absolute Gasteiger partial charge is 0.481 e. The number of aromatic nitrogens is 2. The van der Waals surface area contributed by atoms with Gasteiger partial charge in [-0.2, -0.15) is 5.10 Å². The number of nitrogens with one attached hydrogen (secondary N) is 1. The SMILES string of the molecule is Cc1n[nH]c(C)c1C(=O)N1CCCC(C)(C(=O)O)C1. The van der Waals surface area contributed by atoms with Gasteiger partial charge in [0.2, 0.25) is 0 Å². The van der Waals surface area contributed by atoms with Crippen LogP contribution in [-0.2, 0) is 4.79 Å². The van der Waals surface area contributed by atoms with Gasteiger partial charge in [-0.05, 0) is 33.6 Å². The van der Waals surface area contributed by atoms with Gasteiger partial charge in [0.1, 0.15) is 0 Å². The number of aromatic amines is 1. The molecule has 2 heterocycles. The van der Waals surface area contributed by atoms with Crippen LogP contribution in [-0.4, -0.2) is 45.2 Å². The maximum atomic E-state index is 12.5. The maximum absolute atomic E-state index is 12.5. The summed E-state index contributed by atoms with van der Waals surface area (Å²) in [7, 11) is 0. The molecular formula is C13H19N3O3. The first kappa shape index (κ1) is 13.6. The van der Waals surface area contributed by atoms with Crippen molar-refractivity contribution in [1.82, 2.24) is 15.1 Å². The number of H-pyrrole nitrogens is 1. The summed E-state index contributed by atoms with van der Waals surface area (Å²) >= 11 is 0. The molecule has 0 radical (unpaired) electrons. The highest BCUT2D eigenvalue weighted by molar-refractivity contribution is 5.96. The Bertz CT molecular complexity index is 504. The van der Waals surface area contributed by atoms with Crippen molar-refractivity contribution in [2.75, 3.05) is 13.1 Å². The monoisotopic (exact) mass is 265 g/mol. The number of likely N-dealkylation sites (tertiary alicyclic amines) is 1. The summed E-state index contributed by atoms with van der Waals surface area (Å²) in [5, 5.41) is 16.1. The summed E-state index contributed by atoms with van der Waals surface area (Å²) in [6, 6.07) is 0. The van der Waals surface area contributed by atoms with E-state index < -0.39 is 11.4 Å². The highest BCUT2D eigenvalue weighted by Crippen LogP contribution is 2.30. The number of piperidine rings is 1. The van der Waals surface area contributed by atoms with Crippen LogP contribution < -0.4 is 0 Å². The molecule has 2 N–H and O–H groups in total. The Kier molecular flexibility index (Phi) is 3.34. The van der Waals surface area contributed by atoms with Gasteiger partial charge in [-0.1, -0.05) is 0 Å². The van der Waals surface area contributed by atoms with Crippen molar-refractivity contribution in [3.05, 3.63) is 17.0 Å². The topological polar surface area (TPSA) is 86.3 Å². The van der Waals surface area contributed by atoms with E-state index in [1.807, 2.05) is 0 Å². The standard InChI is InChI=1S/C13H19N3O3/c1-8-10(9(2)15-14-8)11(17)16-6-4-5-13(3,7-16)12(18)19/h4-7H2,1-3H3,(H,14,15)(H,18,19). The number of carboxylic acid groups (broad SMARTS) is 1. The number of hydrogen-bond donors (Lipinski definition) is 2. The summed E-state index contributed by atoms with van der Waals surface area (Å²) in [5.74, 6) is -0.971. The summed E-state index contributed by atoms with van der Waals surface area (Å²) in [4.78, 5) is 25.4. The van der Waals surface area contributed by atoms with Gasteiger partial charge in [-0.15, -0.1) is 0 Å². The second-order valence-corrected chi connectivity index (χ2v) is 5.51. The van der Waals surface area contributed by atoms with Crippen molar-refractivity contribution in [3.63, 3.8) is 0 Å². The molecule has 19 heavy (non-hydrogen) atoms. The van der Waals surface area contributed by atoms with Gasteiger partial charge in [0.05, 0.1) is 16.7 Å². The predicted octanol–water partition coefficient (Wildman–Crippen LogP) is 1.35. The van der Waals surface area contributed by atoms with Crippen LogP contribution in [0.4, 0.5) is 0 Å². The fourth-order valence-corrected chi connectivity index (χ4v) is 2.61. The minimum atomic E-state index is -0.848. The molecule has 2 rings (SSSR count). The average Bonchev–Trinajstić information content (AvgIpc) is 2.68. The molecule has 1 amide bonds. The highest BCUT2D eigenvalue weighted by Gasteiger charge is 2.40. The first-order chi connectivity index (χ1) is 8.85. The predicted molar refractivity (Wildman–Crippen MR) is 68.9 cm³/mol. The number of amides is 1. The smallest absolute Gasteiger partial charge is 0.311 e. The van der Waals surface area contributed by atoms with Crippen molar-refractivity contribution in [3.8, 4) is 0 Å². The van der Waals surface area contributed by atoms with Gasteiger partial charge in [0.25, 0.3) is 5.91 Å². The minimum Gasteiger partial charge on any atom is -0.481 e. The molecule has 0 saturated carbocycles. The summed E-state index contributed by atoms with van der Waals surface area (Å²) in [5.41, 5.74) is 1.10. The van der Waals surface area contributed by atoms with Crippen molar-refractivity contribution in [2.45, 2.75) is 33.6 Å². The van der Waals surface area contributed by atoms with E-state index in [1.165, 1.54) is 0 Å². The highest BCUT2D eigenvalue weighted by atomic mass is 16.4. The van der Waals surface area contributed by atoms with E-state index in [9.17, 15) is 14.7 Å². The third-order valence-corrected chi connectivity index (χ3v) is 3.84. The van der Waals surface area contributed by atoms with E-state index in [0.29, 0.717) is 30.6 Å². The molecule has 6 heteroatoms. The van der Waals surface area contributed by atoms with Crippen molar-refractivity contribution >= 4 is 11.9 Å². The van der Waals surface area contributed by atoms with Crippen molar-refractivity contribution in [2.24, 2.45) is 5.41 Å². The summed E-state index contributed by atoms with van der Waals surface area (Å²) < 4.78 is 0. The number of carbonyl (C=O) groups is 2. The van der Waals surface area contributed by atoms with Crippen molar-refractivity contribution < 1.29 is 14.7 Å². The number of hydrogen-bond acceptors (Lipinski definition) is 3. The van der Waals surface area contributed by atoms with E-state index in [4.69, 9.17) is 0 Å². The lowest BCUT2D eigenvalue weighted by Crippen LogP contribution is -2.48. The molecule has 1 aliphatic heterocycles. The number of carboxylic acids is 1. The van der Waals surface area contributed by atoms with E-state index in [2.05, 4.69) is 10.2 Å². The van der Waals surface area contributed by atoms with E-state index in [1.54, 1.807) is 25.7 Å². The van der Waals surface area contributed by atoms with Gasteiger partial charge in [0, 0.05) is 18.8 Å². The quantitative estimate of drug-likeness (QED) is 0.845. The van der Waals surface area contributed by atoms with E-state index in [-0.39, 0.29) is 12.5 Å². The molecule has 6 nitrogen and oxygen atoms in total. The molecule has 1 unspecified atom stereocenters. The van der Waals surface area contributed by atoms with Crippen LogP contribution in [0.15, 0.2) is 0 Å². The number of aryl methyl sites for hydroxylation is 2. The van der Waals surface area contributed by atoms with Crippen LogP contribution in [0.3, 0.4) is 0 Å². The van der Waals surface area contributed by atoms with Crippen molar-refractivity contribution in [1.29, 1.82) is 0 Å². The molecular weight excluding hydrogens is 246 g/mol. The number of rotatable bonds is 2. The minimum absolute atomic E-state index is 0.129. The number of carbonyl (C=O) groups excluding carboxylic acids is 1. The molecule has 1 fully saturated rings. The van der Waals surface area contributed by atoms with Crippen LogP contribution in [0, 0.1) is 19.3 Å². The van der Waals surface area contributed by atoms with E-state index >= 15 is 0 Å². The molecule has 1 aromatic rings. The number of aliphatic carboxylic acids is 1. The Morgan fingerprint density at radius 1 is 1.42 bits per heavy atom. The fraction of sp³-hybridized carbons (Fsp3) is 0.615. The molecule has 1 aromatic heterocycles. The Balaban J connectivity index is 2.23. The molecule has 1 saturated heterocycles. The van der Waals surface area contributed by atoms with Crippen LogP contribution >= 0.6 is 0 Å². The zero-order valence-corrected chi connectivity index (χ0v) is 11.5. The molecule has 1 atom stereocenters. The molecule has 0 bridgehead atoms. The van der Waals surface area contributed by atoms with Crippen LogP contribution in [0.1, 0.15) is 41.5 Å². The number of nitrogens with zero attached hydrogens (tertiary/aromatic N) is 2. The first-order valence-electron chi connectivity index (χ1n) is 6.39. The zero-order valence-electron chi connectivity index (χ0n) is 11.5. The molecule has 0 aliphatic carbocycles. The normalized spacial score (nSPS) is 23.4. The Morgan fingerprint density at radius 3 is 2.63 bits per heavy atom. The second-order valence-electron chi connectivity index (χ2n) is 5.51. The van der Waals surface area contributed by atoms with Crippen LogP contribution in [0.5, 0.6) is 0 Å². The van der Waals surface area contributed by atoms with Crippen LogP contribution in [0.2, 0.25) is 0 Å². The first-order valence-corrected chi connectivity index (χ1v) is 6.39. The third-order valence-electron chi connectivity index (χ3n) is 3.84.